The van der Waals surface area contributed by atoms with Crippen LogP contribution in [0.15, 0.2) is 97.1 Å². The van der Waals surface area contributed by atoms with Crippen molar-refractivity contribution < 1.29 is 23.7 Å². The lowest BCUT2D eigenvalue weighted by atomic mass is 9.64. The minimum atomic E-state index is -0.348. The highest BCUT2D eigenvalue weighted by Crippen LogP contribution is 2.52. The zero-order chi connectivity index (χ0) is 32.0. The number of ketones is 1. The number of hydrogen-bond donors (Lipinski definition) is 2. The molecule has 2 heterocycles. The van der Waals surface area contributed by atoms with Crippen LogP contribution in [0, 0.1) is 11.8 Å². The summed E-state index contributed by atoms with van der Waals surface area (Å²) in [5, 5.41) is 7.98. The summed E-state index contributed by atoms with van der Waals surface area (Å²) in [6.07, 6.45) is 0. The van der Waals surface area contributed by atoms with Gasteiger partial charge in [0, 0.05) is 24.2 Å². The van der Waals surface area contributed by atoms with Gasteiger partial charge in [-0.15, -0.1) is 0 Å². The Morgan fingerprint density at radius 1 is 0.413 bits per heavy atom. The predicted octanol–water partition coefficient (Wildman–Crippen LogP) is 7.55. The molecule has 0 radical (unpaired) electrons. The lowest BCUT2D eigenvalue weighted by Crippen LogP contribution is -2.60. The van der Waals surface area contributed by atoms with E-state index in [9.17, 15) is 0 Å². The lowest BCUT2D eigenvalue weighted by Gasteiger charge is -2.52. The van der Waals surface area contributed by atoms with Crippen molar-refractivity contribution in [2.75, 3.05) is 26.4 Å². The SMILES string of the molecule is CCOc1ccc([C@@H]2N[C@@H](c3ccc(OCC)cc3)C3C(=O)C2[C@H](c2ccc(OCC)cc2)N[C@H]3c2ccc(OCC)cc2)cc1. The van der Waals surface area contributed by atoms with Crippen LogP contribution in [0.5, 0.6) is 23.0 Å². The van der Waals surface area contributed by atoms with Crippen molar-refractivity contribution in [3.05, 3.63) is 119 Å². The van der Waals surface area contributed by atoms with Crippen LogP contribution in [-0.4, -0.2) is 32.2 Å². The quantitative estimate of drug-likeness (QED) is 0.169. The van der Waals surface area contributed by atoms with Crippen molar-refractivity contribution in [1.29, 1.82) is 0 Å². The van der Waals surface area contributed by atoms with Gasteiger partial charge < -0.3 is 29.6 Å². The zero-order valence-electron chi connectivity index (χ0n) is 27.1. The Kier molecular flexibility index (Phi) is 9.91. The number of benzene rings is 4. The van der Waals surface area contributed by atoms with Gasteiger partial charge in [0.25, 0.3) is 0 Å². The highest BCUT2D eigenvalue weighted by atomic mass is 16.5. The van der Waals surface area contributed by atoms with Gasteiger partial charge in [-0.1, -0.05) is 48.5 Å². The molecule has 4 atom stereocenters. The maximum absolute atomic E-state index is 15.0. The Morgan fingerprint density at radius 2 is 0.630 bits per heavy atom. The minimum Gasteiger partial charge on any atom is -0.494 e. The fourth-order valence-electron chi connectivity index (χ4n) is 7.03. The first kappa shape index (κ1) is 31.6. The first-order valence-electron chi connectivity index (χ1n) is 16.5. The molecule has 0 spiro atoms. The van der Waals surface area contributed by atoms with E-state index in [-0.39, 0.29) is 41.8 Å². The van der Waals surface area contributed by atoms with Crippen molar-refractivity contribution in [2.24, 2.45) is 11.8 Å². The molecule has 2 bridgehead atoms. The molecular weight excluding hydrogens is 576 g/mol. The predicted molar refractivity (Wildman–Crippen MR) is 180 cm³/mol. The molecule has 2 fully saturated rings. The Labute approximate surface area is 272 Å². The van der Waals surface area contributed by atoms with E-state index in [0.29, 0.717) is 26.4 Å². The molecule has 0 aliphatic carbocycles. The third-order valence-electron chi connectivity index (χ3n) is 9.01. The Morgan fingerprint density at radius 3 is 0.826 bits per heavy atom. The topological polar surface area (TPSA) is 78.1 Å². The molecule has 2 aliphatic rings. The molecule has 6 rings (SSSR count). The highest BCUT2D eigenvalue weighted by Gasteiger charge is 2.55. The van der Waals surface area contributed by atoms with Crippen molar-refractivity contribution in [3.63, 3.8) is 0 Å². The first-order chi connectivity index (χ1) is 22.5. The number of hydrogen-bond acceptors (Lipinski definition) is 7. The Balaban J connectivity index is 1.45. The van der Waals surface area contributed by atoms with Gasteiger partial charge in [0.2, 0.25) is 0 Å². The molecule has 46 heavy (non-hydrogen) atoms. The number of Topliss-reactive ketones (excluding diaryl/α,β-unsaturated/α-hetero) is 1. The smallest absolute Gasteiger partial charge is 0.146 e. The molecular formula is C39H44N2O5. The number of carbonyl (C=O) groups excluding carboxylic acids is 1. The van der Waals surface area contributed by atoms with Gasteiger partial charge in [0.15, 0.2) is 0 Å². The zero-order valence-corrected chi connectivity index (χ0v) is 27.1. The molecule has 7 heteroatoms. The molecule has 4 aromatic rings. The van der Waals surface area contributed by atoms with E-state index in [1.807, 2.05) is 76.2 Å². The number of rotatable bonds is 12. The van der Waals surface area contributed by atoms with Gasteiger partial charge in [0.1, 0.15) is 28.8 Å². The summed E-state index contributed by atoms with van der Waals surface area (Å²) in [6, 6.07) is 31.7. The third kappa shape index (κ3) is 6.48. The summed E-state index contributed by atoms with van der Waals surface area (Å²) in [5.74, 6) is 2.81. The molecule has 240 valence electrons. The normalized spacial score (nSPS) is 23.9. The molecule has 2 saturated heterocycles. The van der Waals surface area contributed by atoms with Gasteiger partial charge in [-0.2, -0.15) is 0 Å². The Bertz CT molecular complexity index is 1340. The van der Waals surface area contributed by atoms with Gasteiger partial charge >= 0.3 is 0 Å². The molecule has 0 saturated carbocycles. The van der Waals surface area contributed by atoms with Gasteiger partial charge in [-0.3, -0.25) is 4.79 Å². The van der Waals surface area contributed by atoms with E-state index in [0.717, 1.165) is 45.3 Å². The molecule has 2 aliphatic heterocycles. The molecule has 0 aromatic heterocycles. The van der Waals surface area contributed by atoms with E-state index in [1.54, 1.807) is 0 Å². The fraction of sp³-hybridized carbons (Fsp3) is 0.359. The summed E-state index contributed by atoms with van der Waals surface area (Å²) in [6.45, 7) is 10.3. The first-order valence-corrected chi connectivity index (χ1v) is 16.5. The summed E-state index contributed by atoms with van der Waals surface area (Å²) >= 11 is 0. The van der Waals surface area contributed by atoms with E-state index in [2.05, 4.69) is 59.2 Å². The van der Waals surface area contributed by atoms with E-state index in [4.69, 9.17) is 18.9 Å². The van der Waals surface area contributed by atoms with E-state index in [1.165, 1.54) is 0 Å². The van der Waals surface area contributed by atoms with E-state index < -0.39 is 0 Å². The van der Waals surface area contributed by atoms with Crippen LogP contribution < -0.4 is 29.6 Å². The van der Waals surface area contributed by atoms with Crippen LogP contribution in [0.2, 0.25) is 0 Å². The maximum atomic E-state index is 15.0. The van der Waals surface area contributed by atoms with Crippen molar-refractivity contribution >= 4 is 5.78 Å². The van der Waals surface area contributed by atoms with Gasteiger partial charge in [-0.05, 0) is 98.5 Å². The summed E-state index contributed by atoms with van der Waals surface area (Å²) in [5.41, 5.74) is 4.20. The Hall–Kier alpha value is -4.33. The molecule has 2 N–H and O–H groups in total. The van der Waals surface area contributed by atoms with Crippen molar-refractivity contribution in [3.8, 4) is 23.0 Å². The van der Waals surface area contributed by atoms with Gasteiger partial charge in [0.05, 0.1) is 38.3 Å². The molecule has 0 unspecified atom stereocenters. The van der Waals surface area contributed by atoms with Crippen molar-refractivity contribution in [2.45, 2.75) is 51.9 Å². The van der Waals surface area contributed by atoms with Crippen molar-refractivity contribution in [1.82, 2.24) is 10.6 Å². The van der Waals surface area contributed by atoms with Crippen LogP contribution in [0.25, 0.3) is 0 Å². The number of fused-ring (bicyclic) bond motifs is 2. The fourth-order valence-corrected chi connectivity index (χ4v) is 7.03. The van der Waals surface area contributed by atoms with Crippen LogP contribution in [0.3, 0.4) is 0 Å². The second-order valence-corrected chi connectivity index (χ2v) is 11.7. The molecule has 0 amide bonds. The third-order valence-corrected chi connectivity index (χ3v) is 9.01. The molecule has 4 aromatic carbocycles. The number of nitrogens with one attached hydrogen (secondary N) is 2. The minimum absolute atomic E-state index is 0.235. The molecule has 7 nitrogen and oxygen atoms in total. The summed E-state index contributed by atoms with van der Waals surface area (Å²) in [4.78, 5) is 15.0. The van der Waals surface area contributed by atoms with Crippen LogP contribution in [0.4, 0.5) is 0 Å². The summed E-state index contributed by atoms with van der Waals surface area (Å²) in [7, 11) is 0. The van der Waals surface area contributed by atoms with E-state index >= 15 is 4.79 Å². The average Bonchev–Trinajstić information content (AvgIpc) is 3.07. The monoisotopic (exact) mass is 620 g/mol. The summed E-state index contributed by atoms with van der Waals surface area (Å²) < 4.78 is 23.0. The van der Waals surface area contributed by atoms with Crippen LogP contribution in [-0.2, 0) is 4.79 Å². The van der Waals surface area contributed by atoms with Crippen LogP contribution in [0.1, 0.15) is 74.1 Å². The average molecular weight is 621 g/mol. The lowest BCUT2D eigenvalue weighted by molar-refractivity contribution is -0.139. The second-order valence-electron chi connectivity index (χ2n) is 11.7. The number of piperidine rings is 2. The highest BCUT2D eigenvalue weighted by molar-refractivity contribution is 5.89. The van der Waals surface area contributed by atoms with Crippen LogP contribution >= 0.6 is 0 Å². The number of ether oxygens (including phenoxy) is 4. The van der Waals surface area contributed by atoms with Gasteiger partial charge in [-0.25, -0.2) is 0 Å². The second kappa shape index (κ2) is 14.4. The standard InChI is InChI=1S/C39H44N2O5/c1-5-43-29-17-9-25(10-18-29)35-33-36(26-11-19-30(20-12-26)44-6-2)41-38(28-15-23-32(24-16-28)46-8-4)34(39(33)42)37(40-35)27-13-21-31(22-14-27)45-7-3/h9-24,33-38,40-41H,5-8H2,1-4H3/t33?,34?,35-,36-,37-,38-/m0/s1. The number of carbonyl (C=O) groups is 1. The largest absolute Gasteiger partial charge is 0.494 e. The maximum Gasteiger partial charge on any atom is 0.146 e.